The molecule has 2 amide bonds. The van der Waals surface area contributed by atoms with Gasteiger partial charge in [-0.05, 0) is 54.8 Å². The van der Waals surface area contributed by atoms with Crippen molar-refractivity contribution in [2.45, 2.75) is 26.4 Å². The van der Waals surface area contributed by atoms with Gasteiger partial charge in [0.15, 0.2) is 0 Å². The molecule has 5 nitrogen and oxygen atoms in total. The molecule has 0 radical (unpaired) electrons. The van der Waals surface area contributed by atoms with E-state index >= 15 is 0 Å². The Kier molecular flexibility index (Phi) is 8.41. The van der Waals surface area contributed by atoms with Crippen molar-refractivity contribution in [1.82, 2.24) is 9.47 Å². The summed E-state index contributed by atoms with van der Waals surface area (Å²) < 4.78 is 7.29. The third kappa shape index (κ3) is 6.50. The maximum absolute atomic E-state index is 13.1. The van der Waals surface area contributed by atoms with Crippen LogP contribution in [0.5, 0.6) is 0 Å². The molecule has 31 heavy (non-hydrogen) atoms. The number of urea groups is 1. The van der Waals surface area contributed by atoms with Gasteiger partial charge >= 0.3 is 6.03 Å². The van der Waals surface area contributed by atoms with Crippen LogP contribution >= 0.6 is 23.2 Å². The minimum Gasteiger partial charge on any atom is -0.385 e. The number of hydrogen-bond donors (Lipinski definition) is 1. The lowest BCUT2D eigenvalue weighted by molar-refractivity contribution is 0.171. The largest absolute Gasteiger partial charge is 0.385 e. The Morgan fingerprint density at radius 1 is 1.10 bits per heavy atom. The Hall–Kier alpha value is -2.47. The highest BCUT2D eigenvalue weighted by atomic mass is 35.5. The highest BCUT2D eigenvalue weighted by molar-refractivity contribution is 6.31. The molecule has 0 atom stereocenters. The van der Waals surface area contributed by atoms with Gasteiger partial charge in [-0.1, -0.05) is 47.5 Å². The summed E-state index contributed by atoms with van der Waals surface area (Å²) in [5, 5.41) is 4.31. The van der Waals surface area contributed by atoms with Gasteiger partial charge in [-0.25, -0.2) is 4.79 Å². The van der Waals surface area contributed by atoms with Gasteiger partial charge in [0.05, 0.1) is 6.54 Å². The number of aromatic nitrogens is 1. The molecule has 0 unspecified atom stereocenters. The van der Waals surface area contributed by atoms with Crippen molar-refractivity contribution in [2.75, 3.05) is 25.6 Å². The number of methoxy groups -OCH3 is 1. The van der Waals surface area contributed by atoms with E-state index in [1.54, 1.807) is 18.1 Å². The SMILES string of the molecule is COCCCN(Cc1cccn1Cc1ccccc1Cl)C(=O)Nc1ccc(C)c(Cl)c1. The summed E-state index contributed by atoms with van der Waals surface area (Å²) in [5.41, 5.74) is 3.69. The van der Waals surface area contributed by atoms with Crippen molar-refractivity contribution in [2.24, 2.45) is 0 Å². The first-order valence-electron chi connectivity index (χ1n) is 10.2. The first-order chi connectivity index (χ1) is 15.0. The van der Waals surface area contributed by atoms with Crippen LogP contribution in [0.15, 0.2) is 60.8 Å². The van der Waals surface area contributed by atoms with Gasteiger partial charge in [0.2, 0.25) is 0 Å². The quantitative estimate of drug-likeness (QED) is 0.385. The summed E-state index contributed by atoms with van der Waals surface area (Å²) in [5.74, 6) is 0. The van der Waals surface area contributed by atoms with Crippen LogP contribution in [0.3, 0.4) is 0 Å². The Balaban J connectivity index is 1.75. The average molecular weight is 460 g/mol. The van der Waals surface area contributed by atoms with Gasteiger partial charge in [-0.3, -0.25) is 0 Å². The minimum atomic E-state index is -0.179. The zero-order valence-corrected chi connectivity index (χ0v) is 19.3. The number of carbonyl (C=O) groups excluding carboxylic acids is 1. The van der Waals surface area contributed by atoms with Crippen LogP contribution in [0.4, 0.5) is 10.5 Å². The zero-order chi connectivity index (χ0) is 22.2. The molecule has 0 aliphatic carbocycles. The molecule has 0 spiro atoms. The third-order valence-corrected chi connectivity index (χ3v) is 5.84. The number of hydrogen-bond acceptors (Lipinski definition) is 2. The van der Waals surface area contributed by atoms with Crippen molar-refractivity contribution >= 4 is 34.9 Å². The highest BCUT2D eigenvalue weighted by Crippen LogP contribution is 2.21. The lowest BCUT2D eigenvalue weighted by Crippen LogP contribution is -2.36. The molecule has 0 fully saturated rings. The summed E-state index contributed by atoms with van der Waals surface area (Å²) in [4.78, 5) is 14.8. The molecular formula is C24H27Cl2N3O2. The Morgan fingerprint density at radius 2 is 1.90 bits per heavy atom. The second-order valence-corrected chi connectivity index (χ2v) is 8.20. The van der Waals surface area contributed by atoms with Crippen molar-refractivity contribution in [3.05, 3.63) is 87.7 Å². The molecule has 0 bridgehead atoms. The number of aryl methyl sites for hydroxylation is 1. The van der Waals surface area contributed by atoms with Gasteiger partial charge in [-0.15, -0.1) is 0 Å². The monoisotopic (exact) mass is 459 g/mol. The lowest BCUT2D eigenvalue weighted by atomic mass is 10.2. The van der Waals surface area contributed by atoms with Gasteiger partial charge in [0.1, 0.15) is 0 Å². The Labute approximate surface area is 193 Å². The third-order valence-electron chi connectivity index (χ3n) is 5.06. The van der Waals surface area contributed by atoms with Crippen LogP contribution in [0, 0.1) is 6.92 Å². The normalized spacial score (nSPS) is 10.8. The van der Waals surface area contributed by atoms with Gasteiger partial charge in [-0.2, -0.15) is 0 Å². The van der Waals surface area contributed by atoms with Gasteiger partial charge < -0.3 is 19.5 Å². The summed E-state index contributed by atoms with van der Waals surface area (Å²) >= 11 is 12.5. The second kappa shape index (κ2) is 11.2. The van der Waals surface area contributed by atoms with Crippen LogP contribution < -0.4 is 5.32 Å². The molecule has 0 saturated heterocycles. The van der Waals surface area contributed by atoms with Crippen LogP contribution in [0.1, 0.15) is 23.2 Å². The topological polar surface area (TPSA) is 46.5 Å². The van der Waals surface area contributed by atoms with E-state index < -0.39 is 0 Å². The Bertz CT molecular complexity index is 1020. The van der Waals surface area contributed by atoms with Crippen LogP contribution in [0.25, 0.3) is 0 Å². The molecule has 3 rings (SSSR count). The lowest BCUT2D eigenvalue weighted by Gasteiger charge is -2.24. The van der Waals surface area contributed by atoms with Crippen molar-refractivity contribution in [1.29, 1.82) is 0 Å². The Morgan fingerprint density at radius 3 is 2.65 bits per heavy atom. The summed E-state index contributed by atoms with van der Waals surface area (Å²) in [6.45, 7) is 4.19. The molecule has 1 N–H and O–H groups in total. The van der Waals surface area contributed by atoms with E-state index in [9.17, 15) is 4.79 Å². The number of anilines is 1. The standard InChI is InChI=1S/C24H27Cl2N3O2/c1-18-10-11-20(15-23(18)26)27-24(30)29(13-6-14-31-2)17-21-8-5-12-28(21)16-19-7-3-4-9-22(19)25/h3-5,7-12,15H,6,13-14,16-17H2,1-2H3,(H,27,30). The fourth-order valence-corrected chi connectivity index (χ4v) is 3.65. The van der Waals surface area contributed by atoms with Gasteiger partial charge in [0.25, 0.3) is 0 Å². The predicted octanol–water partition coefficient (Wildman–Crippen LogP) is 6.22. The van der Waals surface area contributed by atoms with E-state index in [-0.39, 0.29) is 6.03 Å². The average Bonchev–Trinajstić information content (AvgIpc) is 3.18. The molecule has 164 valence electrons. The number of carbonyl (C=O) groups is 1. The fraction of sp³-hybridized carbons (Fsp3) is 0.292. The van der Waals surface area contributed by atoms with E-state index in [0.29, 0.717) is 37.0 Å². The molecule has 1 aromatic heterocycles. The van der Waals surface area contributed by atoms with E-state index in [4.69, 9.17) is 27.9 Å². The van der Waals surface area contributed by atoms with Crippen molar-refractivity contribution in [3.63, 3.8) is 0 Å². The summed E-state index contributed by atoms with van der Waals surface area (Å²) in [7, 11) is 1.66. The van der Waals surface area contributed by atoms with Crippen molar-refractivity contribution < 1.29 is 9.53 Å². The number of amides is 2. The molecule has 1 heterocycles. The molecular weight excluding hydrogens is 433 g/mol. The maximum Gasteiger partial charge on any atom is 0.322 e. The van der Waals surface area contributed by atoms with Crippen LogP contribution in [0.2, 0.25) is 10.0 Å². The van der Waals surface area contributed by atoms with Crippen LogP contribution in [-0.2, 0) is 17.8 Å². The van der Waals surface area contributed by atoms with Gasteiger partial charge in [0, 0.05) is 54.4 Å². The number of nitrogens with one attached hydrogen (secondary N) is 1. The number of halogens is 2. The second-order valence-electron chi connectivity index (χ2n) is 7.38. The number of ether oxygens (including phenoxy) is 1. The van der Waals surface area contributed by atoms with Crippen molar-refractivity contribution in [3.8, 4) is 0 Å². The first-order valence-corrected chi connectivity index (χ1v) is 10.9. The fourth-order valence-electron chi connectivity index (χ4n) is 3.28. The number of nitrogens with zero attached hydrogens (tertiary/aromatic N) is 2. The molecule has 2 aromatic carbocycles. The van der Waals surface area contributed by atoms with Crippen LogP contribution in [-0.4, -0.2) is 35.8 Å². The van der Waals surface area contributed by atoms with E-state index in [1.807, 2.05) is 61.7 Å². The smallest absolute Gasteiger partial charge is 0.322 e. The molecule has 0 aliphatic heterocycles. The van der Waals surface area contributed by atoms with E-state index in [2.05, 4.69) is 9.88 Å². The summed E-state index contributed by atoms with van der Waals surface area (Å²) in [6, 6.07) is 17.1. The predicted molar refractivity (Wildman–Crippen MR) is 127 cm³/mol. The zero-order valence-electron chi connectivity index (χ0n) is 17.8. The number of rotatable bonds is 9. The minimum absolute atomic E-state index is 0.179. The maximum atomic E-state index is 13.1. The molecule has 0 saturated carbocycles. The summed E-state index contributed by atoms with van der Waals surface area (Å²) in [6.07, 6.45) is 2.74. The van der Waals surface area contributed by atoms with E-state index in [0.717, 1.165) is 28.3 Å². The molecule has 7 heteroatoms. The first kappa shape index (κ1) is 23.2. The number of benzene rings is 2. The highest BCUT2D eigenvalue weighted by Gasteiger charge is 2.17. The molecule has 0 aliphatic rings. The van der Waals surface area contributed by atoms with E-state index in [1.165, 1.54) is 0 Å². The molecule has 3 aromatic rings.